The lowest BCUT2D eigenvalue weighted by Crippen LogP contribution is -2.66. The number of nitrogens with one attached hydrogen (secondary N) is 1. The van der Waals surface area contributed by atoms with Crippen LogP contribution in [0.3, 0.4) is 0 Å². The van der Waals surface area contributed by atoms with Crippen LogP contribution in [-0.4, -0.2) is 103 Å². The number of hydrogen-bond acceptors (Lipinski definition) is 7. The number of phenols is 1. The van der Waals surface area contributed by atoms with Crippen LogP contribution < -0.4 is 10.1 Å². The molecule has 10 nitrogen and oxygen atoms in total. The fraction of sp³-hybridized carbons (Fsp3) is 0.417. The summed E-state index contributed by atoms with van der Waals surface area (Å²) in [5.41, 5.74) is 4.17. The Kier molecular flexibility index (Phi) is 15.8. The van der Waals surface area contributed by atoms with Gasteiger partial charge < -0.3 is 25.0 Å². The van der Waals surface area contributed by atoms with Gasteiger partial charge in [-0.05, 0) is 67.2 Å². The fourth-order valence-electron chi connectivity index (χ4n) is 5.16. The topological polar surface area (TPSA) is 106 Å². The summed E-state index contributed by atoms with van der Waals surface area (Å²) in [5, 5.41) is 16.1. The number of ether oxygens (including phenoxy) is 1. The smallest absolute Gasteiger partial charge is 0.245 e. The first-order valence-corrected chi connectivity index (χ1v) is 15.6. The van der Waals surface area contributed by atoms with Crippen LogP contribution in [0.1, 0.15) is 37.5 Å². The zero-order chi connectivity index (χ0) is 34.2. The number of methoxy groups -OCH3 is 1. The number of phenolic OH excluding ortho intramolecular Hbond substituents is 1. The molecule has 3 amide bonds. The number of aromatic hydroxyl groups is 1. The van der Waals surface area contributed by atoms with Gasteiger partial charge in [0.05, 0.1) is 19.8 Å². The van der Waals surface area contributed by atoms with E-state index in [4.69, 9.17) is 4.74 Å². The van der Waals surface area contributed by atoms with E-state index in [1.54, 1.807) is 54.3 Å². The van der Waals surface area contributed by atoms with Crippen LogP contribution >= 0.6 is 0 Å². The lowest BCUT2D eigenvalue weighted by atomic mass is 10.0. The zero-order valence-electron chi connectivity index (χ0n) is 28.4. The predicted molar refractivity (Wildman–Crippen MR) is 183 cm³/mol. The average Bonchev–Trinajstić information content (AvgIpc) is 3.06. The van der Waals surface area contributed by atoms with E-state index in [9.17, 15) is 19.5 Å². The number of allylic oxidation sites excluding steroid dienone is 3. The molecule has 250 valence electrons. The molecule has 2 unspecified atom stereocenters. The summed E-state index contributed by atoms with van der Waals surface area (Å²) in [4.78, 5) is 40.2. The van der Waals surface area contributed by atoms with Gasteiger partial charge in [-0.25, -0.2) is 10.0 Å². The van der Waals surface area contributed by atoms with E-state index >= 15 is 0 Å². The maximum absolute atomic E-state index is 13.8. The highest BCUT2D eigenvalue weighted by molar-refractivity contribution is 5.89. The number of nitrogens with zero attached hydrogens (tertiary/aromatic N) is 4. The van der Waals surface area contributed by atoms with Crippen molar-refractivity contribution < 1.29 is 24.2 Å². The molecule has 0 aliphatic carbocycles. The van der Waals surface area contributed by atoms with E-state index in [1.807, 2.05) is 68.3 Å². The second-order valence-corrected chi connectivity index (χ2v) is 11.2. The van der Waals surface area contributed by atoms with Gasteiger partial charge in [-0.2, -0.15) is 0 Å². The Morgan fingerprint density at radius 1 is 1.20 bits per heavy atom. The molecule has 3 rings (SSSR count). The number of rotatable bonds is 14. The van der Waals surface area contributed by atoms with Crippen molar-refractivity contribution in [3.05, 3.63) is 95.6 Å². The van der Waals surface area contributed by atoms with E-state index < -0.39 is 6.04 Å². The van der Waals surface area contributed by atoms with Gasteiger partial charge in [-0.3, -0.25) is 14.4 Å². The van der Waals surface area contributed by atoms with Gasteiger partial charge in [-0.1, -0.05) is 62.1 Å². The molecule has 2 aromatic carbocycles. The van der Waals surface area contributed by atoms with Gasteiger partial charge in [0, 0.05) is 40.7 Å². The molecular formula is C36H51N5O5. The predicted octanol–water partition coefficient (Wildman–Crippen LogP) is 3.96. The number of likely N-dealkylation sites (N-methyl/N-ethyl adjacent to an activating group) is 2. The first kappa shape index (κ1) is 37.8. The first-order chi connectivity index (χ1) is 22.0. The zero-order valence-corrected chi connectivity index (χ0v) is 28.4. The Morgan fingerprint density at radius 3 is 2.46 bits per heavy atom. The Hall–Kier alpha value is -4.41. The monoisotopic (exact) mass is 633 g/mol. The Labute approximate surface area is 274 Å². The van der Waals surface area contributed by atoms with Crippen molar-refractivity contribution in [1.82, 2.24) is 25.1 Å². The second kappa shape index (κ2) is 19.2. The lowest BCUT2D eigenvalue weighted by molar-refractivity contribution is -0.176. The number of amides is 3. The van der Waals surface area contributed by atoms with Crippen LogP contribution in [0.4, 0.5) is 0 Å². The van der Waals surface area contributed by atoms with Crippen LogP contribution in [0.15, 0.2) is 78.9 Å². The maximum atomic E-state index is 13.8. The van der Waals surface area contributed by atoms with Crippen LogP contribution in [0.2, 0.25) is 0 Å². The van der Waals surface area contributed by atoms with Crippen molar-refractivity contribution >= 4 is 18.2 Å². The molecule has 2 aromatic rings. The number of hydrogen-bond donors (Lipinski definition) is 2. The average molecular weight is 634 g/mol. The van der Waals surface area contributed by atoms with Crippen molar-refractivity contribution in [2.75, 3.05) is 47.9 Å². The molecule has 0 bridgehead atoms. The van der Waals surface area contributed by atoms with Crippen molar-refractivity contribution in [1.29, 1.82) is 0 Å². The van der Waals surface area contributed by atoms with Crippen LogP contribution in [0, 0.1) is 0 Å². The third-order valence-electron chi connectivity index (χ3n) is 8.11. The molecule has 0 radical (unpaired) electrons. The number of aryl methyl sites for hydroxylation is 1. The van der Waals surface area contributed by atoms with E-state index in [2.05, 4.69) is 24.9 Å². The van der Waals surface area contributed by atoms with Crippen LogP contribution in [0.25, 0.3) is 0 Å². The largest absolute Gasteiger partial charge is 0.508 e. The molecule has 1 aliphatic heterocycles. The summed E-state index contributed by atoms with van der Waals surface area (Å²) in [7, 11) is 7.26. The van der Waals surface area contributed by atoms with Gasteiger partial charge in [0.15, 0.2) is 0 Å². The minimum Gasteiger partial charge on any atom is -0.508 e. The van der Waals surface area contributed by atoms with Gasteiger partial charge in [0.1, 0.15) is 17.5 Å². The molecule has 0 spiro atoms. The van der Waals surface area contributed by atoms with Crippen molar-refractivity contribution in [2.24, 2.45) is 0 Å². The van der Waals surface area contributed by atoms with Crippen molar-refractivity contribution in [3.8, 4) is 11.5 Å². The van der Waals surface area contributed by atoms with Gasteiger partial charge in [0.2, 0.25) is 18.2 Å². The highest BCUT2D eigenvalue weighted by atomic mass is 16.5. The van der Waals surface area contributed by atoms with E-state index in [0.29, 0.717) is 32.3 Å². The molecule has 0 saturated carbocycles. The molecule has 1 aliphatic rings. The van der Waals surface area contributed by atoms with Gasteiger partial charge in [-0.15, -0.1) is 0 Å². The minimum atomic E-state index is -0.648. The number of benzene rings is 2. The molecule has 2 atom stereocenters. The van der Waals surface area contributed by atoms with Gasteiger partial charge >= 0.3 is 0 Å². The highest BCUT2D eigenvalue weighted by Gasteiger charge is 2.40. The number of carbonyl (C=O) groups excluding carboxylic acids is 3. The third-order valence-corrected chi connectivity index (χ3v) is 8.11. The number of carbonyl (C=O) groups is 3. The van der Waals surface area contributed by atoms with Crippen molar-refractivity contribution in [2.45, 2.75) is 52.2 Å². The Bertz CT molecular complexity index is 1360. The molecule has 1 fully saturated rings. The third kappa shape index (κ3) is 10.9. The summed E-state index contributed by atoms with van der Waals surface area (Å²) in [5.74, 6) is 0.872. The van der Waals surface area contributed by atoms with Crippen LogP contribution in [0.5, 0.6) is 11.5 Å². The van der Waals surface area contributed by atoms with Gasteiger partial charge in [0.25, 0.3) is 0 Å². The van der Waals surface area contributed by atoms with E-state index in [0.717, 1.165) is 34.4 Å². The van der Waals surface area contributed by atoms with Crippen LogP contribution in [-0.2, 0) is 33.6 Å². The quantitative estimate of drug-likeness (QED) is 0.240. The first-order valence-electron chi connectivity index (χ1n) is 15.6. The molecule has 46 heavy (non-hydrogen) atoms. The lowest BCUT2D eigenvalue weighted by Gasteiger charge is -2.48. The number of hydrazine groups is 1. The normalized spacial score (nSPS) is 16.4. The molecule has 10 heteroatoms. The van der Waals surface area contributed by atoms with Crippen molar-refractivity contribution in [3.63, 3.8) is 0 Å². The Balaban J connectivity index is 0.000000572. The molecule has 1 heterocycles. The summed E-state index contributed by atoms with van der Waals surface area (Å²) >= 11 is 0. The SMILES string of the molecule is C=C/C(=C\C=C/C)CNC=O.CCc1cc(CCN(C)C(=O)C(Cc2ccc(O)cc2)N2C(=O)CN(C)N(C)C2C)ccc1OC. The standard InChI is InChI=1S/C27H38N4O4.C9H13NO/c1-7-22-16-21(10-13-25(22)35-6)14-15-28(3)27(34)24(17-20-8-11-23(32)12-9-20)31-19(2)30(5)29(4)18-26(31)33;1-3-5-6-9(4-2)7-10-8-11/h8-13,16,19,24,32H,7,14-15,17-18H2,1-6H3;3-6,8H,2,7H2,1H3,(H,10,11)/b;5-3-,9-6+. The molecule has 1 saturated heterocycles. The summed E-state index contributed by atoms with van der Waals surface area (Å²) in [6, 6.07) is 12.3. The highest BCUT2D eigenvalue weighted by Crippen LogP contribution is 2.23. The second-order valence-electron chi connectivity index (χ2n) is 11.2. The maximum Gasteiger partial charge on any atom is 0.245 e. The fourth-order valence-corrected chi connectivity index (χ4v) is 5.16. The van der Waals surface area contributed by atoms with E-state index in [1.165, 1.54) is 0 Å². The molecular weight excluding hydrogens is 582 g/mol. The van der Waals surface area contributed by atoms with E-state index in [-0.39, 0.29) is 30.3 Å². The minimum absolute atomic E-state index is 0.0774. The summed E-state index contributed by atoms with van der Waals surface area (Å²) in [6.07, 6.45) is 9.81. The Morgan fingerprint density at radius 2 is 1.87 bits per heavy atom. The summed E-state index contributed by atoms with van der Waals surface area (Å²) < 4.78 is 5.43. The molecule has 0 aromatic heterocycles. The molecule has 2 N–H and O–H groups in total. The summed E-state index contributed by atoms with van der Waals surface area (Å²) in [6.45, 7) is 10.9.